The summed E-state index contributed by atoms with van der Waals surface area (Å²) in [6.45, 7) is 7.26. The van der Waals surface area contributed by atoms with Gasteiger partial charge in [0.05, 0.1) is 49.8 Å². The molecule has 0 saturated carbocycles. The number of nitrogens with zero attached hydrogens (tertiary/aromatic N) is 7. The van der Waals surface area contributed by atoms with E-state index in [0.29, 0.717) is 17.5 Å². The van der Waals surface area contributed by atoms with Gasteiger partial charge in [-0.15, -0.1) is 0 Å². The Kier molecular flexibility index (Phi) is 19.0. The third-order valence-corrected chi connectivity index (χ3v) is 30.7. The summed E-state index contributed by atoms with van der Waals surface area (Å²) in [4.78, 5) is 15.2. The van der Waals surface area contributed by atoms with Crippen molar-refractivity contribution in [1.29, 1.82) is 0 Å². The van der Waals surface area contributed by atoms with Crippen LogP contribution in [0.1, 0.15) is 48.6 Å². The molecule has 2 aliphatic carbocycles. The molecule has 0 radical (unpaired) electrons. The number of para-hydroxylation sites is 4. The van der Waals surface area contributed by atoms with E-state index in [1.165, 1.54) is 203 Å². The van der Waals surface area contributed by atoms with Crippen LogP contribution in [0.15, 0.2) is 497 Å². The highest BCUT2D eigenvalue weighted by Crippen LogP contribution is 2.58. The summed E-state index contributed by atoms with van der Waals surface area (Å²) in [6.07, 6.45) is 0. The van der Waals surface area contributed by atoms with Crippen molar-refractivity contribution >= 4 is 141 Å². The second kappa shape index (κ2) is 32.9. The monoisotopic (exact) mass is 1820 g/mol. The van der Waals surface area contributed by atoms with Gasteiger partial charge in [0.1, 0.15) is 0 Å². The topological polar surface area (TPSA) is 58.4 Å². The minimum Gasteiger partial charge on any atom is -0.309 e. The fourth-order valence-corrected chi connectivity index (χ4v) is 24.2. The molecule has 0 bridgehead atoms. The van der Waals surface area contributed by atoms with E-state index in [1.54, 1.807) is 0 Å². The van der Waals surface area contributed by atoms with E-state index in [9.17, 15) is 0 Å². The highest BCUT2D eigenvalue weighted by Gasteiger charge is 2.43. The van der Waals surface area contributed by atoms with Crippen molar-refractivity contribution in [3.05, 3.63) is 525 Å². The van der Waals surface area contributed by atoms with Gasteiger partial charge in [-0.05, 0) is 225 Å². The number of hydrogen-bond donors (Lipinski definition) is 0. The van der Waals surface area contributed by atoms with Crippen LogP contribution >= 0.6 is 0 Å². The van der Waals surface area contributed by atoms with Crippen molar-refractivity contribution in [1.82, 2.24) is 33.2 Å². The molecule has 7 nitrogen and oxygen atoms in total. The van der Waals surface area contributed by atoms with Crippen molar-refractivity contribution in [2.24, 2.45) is 0 Å². The third kappa shape index (κ3) is 13.1. The second-order valence-electron chi connectivity index (χ2n) is 38.9. The first kappa shape index (κ1) is 82.8. The van der Waals surface area contributed by atoms with Crippen LogP contribution < -0.4 is 0 Å². The maximum atomic E-state index is 5.13. The fraction of sp³-hybridized carbons (Fsp3) is 0.0368. The lowest BCUT2D eigenvalue weighted by atomic mass is 9.73. The van der Waals surface area contributed by atoms with Gasteiger partial charge >= 0.3 is 0 Å². The van der Waals surface area contributed by atoms with Crippen LogP contribution in [0.25, 0.3) is 243 Å². The molecule has 5 heterocycles. The van der Waals surface area contributed by atoms with E-state index < -0.39 is 0 Å². The molecule has 2 aliphatic rings. The van der Waals surface area contributed by atoms with E-state index in [2.05, 4.69) is 476 Å². The first-order valence-electron chi connectivity index (χ1n) is 49.4. The molecule has 0 fully saturated rings. The lowest BCUT2D eigenvalue weighted by Gasteiger charge is -2.29. The van der Waals surface area contributed by atoms with Gasteiger partial charge < -0.3 is 18.3 Å². The molecule has 23 aromatic carbocycles. The van der Waals surface area contributed by atoms with Crippen molar-refractivity contribution in [2.75, 3.05) is 0 Å². The molecule has 143 heavy (non-hydrogen) atoms. The van der Waals surface area contributed by atoms with E-state index in [-0.39, 0.29) is 10.8 Å². The molecule has 0 amide bonds. The van der Waals surface area contributed by atoms with Crippen molar-refractivity contribution in [3.63, 3.8) is 0 Å². The Morgan fingerprint density at radius 3 is 1.37 bits per heavy atom. The SMILES string of the molecule is CC1(C)c2c(ccc3ccc(-c4ccccc4)cc23)-c2ccc3c(c21)c1ccccc1n3-c1cccc(-c2ccccc2)c1.CC1(c2ccc3ccccc3c2)c2ccccc2-c2cc3c4ccc5ccccc5c4n(-c4ccccc4)c3cc21.c1ccc(-c2nc(-c3ccccc3)nc(-c3cccc4c(-n5c6ccccc6c6cc7c8c9ccccc9ccc8n(-c8ccccc8)c7cc65)cccc34)n2)cc1. The minimum atomic E-state index is -0.274. The zero-order chi connectivity index (χ0) is 94.7. The number of benzene rings is 23. The Morgan fingerprint density at radius 2 is 0.650 bits per heavy atom. The number of hydrogen-bond acceptors (Lipinski definition) is 3. The largest absolute Gasteiger partial charge is 0.309 e. The Bertz CT molecular complexity index is 10000. The fourth-order valence-electron chi connectivity index (χ4n) is 24.2. The van der Waals surface area contributed by atoms with Gasteiger partial charge in [-0.1, -0.05) is 408 Å². The molecule has 0 saturated heterocycles. The molecule has 0 spiro atoms. The zero-order valence-electron chi connectivity index (χ0n) is 79.0. The lowest BCUT2D eigenvalue weighted by molar-refractivity contribution is 0.672. The summed E-state index contributed by atoms with van der Waals surface area (Å²) in [5.74, 6) is 1.93. The minimum absolute atomic E-state index is 0.181. The normalized spacial score (nSPS) is 13.5. The Labute approximate surface area is 826 Å². The van der Waals surface area contributed by atoms with E-state index in [0.717, 1.165) is 49.9 Å². The summed E-state index contributed by atoms with van der Waals surface area (Å²) in [6, 6.07) is 180. The standard InChI is InChI=1S/C53H33N5.C43H31N.C40H27N/c1-4-17-35(18-5-1)51-54-52(36-19-6-2-7-20-36)56-53(55-51)42-27-14-26-40-39(42)25-15-29-46(40)58-45-28-13-12-24-41(45)43-32-44-49(33-48(43)58)57(37-21-8-3-9-22-37)47-31-30-34-16-10-11-23-38(34)50(44)47;1-43(2)41-34(23-22-30-20-21-32(27-37(30)41)29-14-7-4-8-15-29)35-24-25-39-40(42(35)43)36-18-9-10-19-38(36)44(39)33-17-11-16-31(26-33)28-12-5-3-6-13-28;1-40(29-21-19-26-11-5-6-13-28(26)23-29)36-18-10-9-17-32(36)34-24-35-33-22-20-27-12-7-8-16-31(27)39(33)41(38(35)25-37(34)40)30-14-3-2-4-15-30/h1-33H;3-27H,1-2H3;2-25H,1H3. The van der Waals surface area contributed by atoms with Gasteiger partial charge in [0.2, 0.25) is 0 Å². The van der Waals surface area contributed by atoms with Crippen molar-refractivity contribution in [3.8, 4) is 101 Å². The van der Waals surface area contributed by atoms with E-state index in [4.69, 9.17) is 15.0 Å². The van der Waals surface area contributed by atoms with Crippen LogP contribution in [0, 0.1) is 0 Å². The van der Waals surface area contributed by atoms with Crippen LogP contribution in [0.4, 0.5) is 0 Å². The van der Waals surface area contributed by atoms with Crippen LogP contribution in [0.2, 0.25) is 0 Å². The Balaban J connectivity index is 0.000000107. The van der Waals surface area contributed by atoms with Gasteiger partial charge in [-0.3, -0.25) is 0 Å². The van der Waals surface area contributed by atoms with Gasteiger partial charge in [0.25, 0.3) is 0 Å². The second-order valence-corrected chi connectivity index (χ2v) is 38.9. The quantitative estimate of drug-likeness (QED) is 0.137. The van der Waals surface area contributed by atoms with Gasteiger partial charge in [-0.2, -0.15) is 0 Å². The van der Waals surface area contributed by atoms with Crippen LogP contribution in [-0.2, 0) is 10.8 Å². The first-order valence-corrected chi connectivity index (χ1v) is 49.4. The van der Waals surface area contributed by atoms with Crippen LogP contribution in [-0.4, -0.2) is 33.2 Å². The zero-order valence-corrected chi connectivity index (χ0v) is 79.0. The van der Waals surface area contributed by atoms with Gasteiger partial charge in [-0.25, -0.2) is 15.0 Å². The molecule has 1 atom stereocenters. The first-order chi connectivity index (χ1) is 70.6. The molecular formula is C136H91N7. The third-order valence-electron chi connectivity index (χ3n) is 30.7. The van der Waals surface area contributed by atoms with Crippen molar-refractivity contribution < 1.29 is 0 Å². The van der Waals surface area contributed by atoms with Gasteiger partial charge in [0.15, 0.2) is 17.5 Å². The molecule has 670 valence electrons. The molecule has 30 rings (SSSR count). The summed E-state index contributed by atoms with van der Waals surface area (Å²) >= 11 is 0. The molecule has 7 heteroatoms. The lowest BCUT2D eigenvalue weighted by Crippen LogP contribution is -2.22. The maximum Gasteiger partial charge on any atom is 0.164 e. The molecule has 0 aliphatic heterocycles. The highest BCUT2D eigenvalue weighted by atomic mass is 15.0. The smallest absolute Gasteiger partial charge is 0.164 e. The van der Waals surface area contributed by atoms with Gasteiger partial charge in [0, 0.05) is 98.4 Å². The molecule has 1 unspecified atom stereocenters. The Morgan fingerprint density at radius 1 is 0.189 bits per heavy atom. The highest BCUT2D eigenvalue weighted by molar-refractivity contribution is 6.27. The van der Waals surface area contributed by atoms with Crippen molar-refractivity contribution in [2.45, 2.75) is 31.6 Å². The molecule has 0 N–H and O–H groups in total. The average molecular weight is 1820 g/mol. The van der Waals surface area contributed by atoms with Crippen LogP contribution in [0.3, 0.4) is 0 Å². The van der Waals surface area contributed by atoms with E-state index in [1.807, 2.05) is 60.7 Å². The summed E-state index contributed by atoms with van der Waals surface area (Å²) in [5.41, 5.74) is 34.0. The molecular weight excluding hydrogens is 1730 g/mol. The summed E-state index contributed by atoms with van der Waals surface area (Å²) < 4.78 is 9.81. The molecule has 28 aromatic rings. The number of aromatic nitrogens is 7. The summed E-state index contributed by atoms with van der Waals surface area (Å²) in [5, 5.41) is 22.6. The maximum absolute atomic E-state index is 5.13. The number of fused-ring (bicyclic) bond motifs is 27. The predicted molar refractivity (Wildman–Crippen MR) is 600 cm³/mol. The van der Waals surface area contributed by atoms with E-state index >= 15 is 0 Å². The molecule has 5 aromatic heterocycles. The number of rotatable bonds is 10. The summed E-state index contributed by atoms with van der Waals surface area (Å²) in [7, 11) is 0. The van der Waals surface area contributed by atoms with Crippen LogP contribution in [0.5, 0.6) is 0 Å². The predicted octanol–water partition coefficient (Wildman–Crippen LogP) is 35.4. The average Bonchev–Trinajstić information content (AvgIpc) is 1.54. The Hall–Kier alpha value is -18.4.